The van der Waals surface area contributed by atoms with Crippen LogP contribution in [-0.2, 0) is 6.42 Å². The van der Waals surface area contributed by atoms with E-state index in [0.29, 0.717) is 6.54 Å². The Morgan fingerprint density at radius 1 is 1.35 bits per heavy atom. The second-order valence-corrected chi connectivity index (χ2v) is 5.68. The summed E-state index contributed by atoms with van der Waals surface area (Å²) >= 11 is 5.24. The molecule has 0 unspecified atom stereocenters. The molecule has 0 amide bonds. The van der Waals surface area contributed by atoms with Crippen LogP contribution in [-0.4, -0.2) is 16.7 Å². The zero-order chi connectivity index (χ0) is 12.3. The Kier molecular flexibility index (Phi) is 4.25. The van der Waals surface area contributed by atoms with Crippen molar-refractivity contribution in [3.63, 3.8) is 0 Å². The molecule has 0 atom stereocenters. The largest absolute Gasteiger partial charge is 0.330 e. The summed E-state index contributed by atoms with van der Waals surface area (Å²) in [6, 6.07) is 6.17. The molecule has 1 heterocycles. The molecule has 0 bridgehead atoms. The van der Waals surface area contributed by atoms with Crippen molar-refractivity contribution in [3.8, 4) is 10.6 Å². The molecule has 1 aromatic carbocycles. The highest BCUT2D eigenvalue weighted by Gasteiger charge is 2.10. The molecule has 1 aromatic heterocycles. The van der Waals surface area contributed by atoms with E-state index in [0.717, 1.165) is 32.9 Å². The molecule has 0 fully saturated rings. The predicted octanol–water partition coefficient (Wildman–Crippen LogP) is 3.17. The summed E-state index contributed by atoms with van der Waals surface area (Å²) in [6.45, 7) is 2.77. The van der Waals surface area contributed by atoms with Crippen LogP contribution in [0.15, 0.2) is 22.7 Å². The Labute approximate surface area is 113 Å². The number of aromatic nitrogens is 2. The van der Waals surface area contributed by atoms with E-state index < -0.39 is 0 Å². The SMILES string of the molecule is Cc1cccc(-c2nnc(CCCN)s2)c1Br. The minimum Gasteiger partial charge on any atom is -0.330 e. The van der Waals surface area contributed by atoms with E-state index in [9.17, 15) is 0 Å². The third-order valence-electron chi connectivity index (χ3n) is 2.48. The molecule has 5 heteroatoms. The Bertz CT molecular complexity index is 510. The first kappa shape index (κ1) is 12.7. The molecule has 2 aromatic rings. The molecule has 0 radical (unpaired) electrons. The van der Waals surface area contributed by atoms with Crippen LogP contribution in [0.2, 0.25) is 0 Å². The molecule has 2 N–H and O–H groups in total. The van der Waals surface area contributed by atoms with Gasteiger partial charge in [0.25, 0.3) is 0 Å². The highest BCUT2D eigenvalue weighted by Crippen LogP contribution is 2.32. The van der Waals surface area contributed by atoms with Crippen molar-refractivity contribution < 1.29 is 0 Å². The van der Waals surface area contributed by atoms with E-state index in [1.54, 1.807) is 11.3 Å². The lowest BCUT2D eigenvalue weighted by atomic mass is 10.1. The maximum atomic E-state index is 5.49. The molecule has 0 saturated carbocycles. The van der Waals surface area contributed by atoms with Crippen molar-refractivity contribution in [2.24, 2.45) is 5.73 Å². The van der Waals surface area contributed by atoms with Crippen LogP contribution in [0.1, 0.15) is 17.0 Å². The lowest BCUT2D eigenvalue weighted by molar-refractivity contribution is 0.812. The van der Waals surface area contributed by atoms with Gasteiger partial charge in [-0.25, -0.2) is 0 Å². The van der Waals surface area contributed by atoms with Gasteiger partial charge >= 0.3 is 0 Å². The van der Waals surface area contributed by atoms with Crippen molar-refractivity contribution in [3.05, 3.63) is 33.2 Å². The average Bonchev–Trinajstić information content (AvgIpc) is 2.78. The van der Waals surface area contributed by atoms with Gasteiger partial charge in [0.2, 0.25) is 0 Å². The van der Waals surface area contributed by atoms with Gasteiger partial charge in [-0.2, -0.15) is 0 Å². The maximum Gasteiger partial charge on any atom is 0.148 e. The lowest BCUT2D eigenvalue weighted by Gasteiger charge is -2.02. The zero-order valence-electron chi connectivity index (χ0n) is 9.61. The number of rotatable bonds is 4. The highest BCUT2D eigenvalue weighted by molar-refractivity contribution is 9.10. The number of hydrogen-bond donors (Lipinski definition) is 1. The van der Waals surface area contributed by atoms with Crippen LogP contribution in [0, 0.1) is 6.92 Å². The predicted molar refractivity (Wildman–Crippen MR) is 75.2 cm³/mol. The zero-order valence-corrected chi connectivity index (χ0v) is 12.0. The van der Waals surface area contributed by atoms with Crippen LogP contribution in [0.3, 0.4) is 0 Å². The van der Waals surface area contributed by atoms with Crippen LogP contribution in [0.25, 0.3) is 10.6 Å². The Morgan fingerprint density at radius 2 is 2.18 bits per heavy atom. The van der Waals surface area contributed by atoms with E-state index in [1.165, 1.54) is 5.56 Å². The molecule has 0 saturated heterocycles. The van der Waals surface area contributed by atoms with Gasteiger partial charge in [0.05, 0.1) is 0 Å². The molecule has 0 spiro atoms. The van der Waals surface area contributed by atoms with E-state index >= 15 is 0 Å². The van der Waals surface area contributed by atoms with Crippen molar-refractivity contribution in [2.45, 2.75) is 19.8 Å². The minimum atomic E-state index is 0.697. The number of halogens is 1. The first-order chi connectivity index (χ1) is 8.22. The first-order valence-corrected chi connectivity index (χ1v) is 7.11. The van der Waals surface area contributed by atoms with Gasteiger partial charge in [-0.1, -0.05) is 29.5 Å². The number of nitrogens with two attached hydrogens (primary N) is 1. The fourth-order valence-corrected chi connectivity index (χ4v) is 3.03. The Balaban J connectivity index is 2.27. The summed E-state index contributed by atoms with van der Waals surface area (Å²) in [5, 5.41) is 10.5. The summed E-state index contributed by atoms with van der Waals surface area (Å²) in [5.41, 5.74) is 7.81. The summed E-state index contributed by atoms with van der Waals surface area (Å²) in [4.78, 5) is 0. The molecule has 2 rings (SSSR count). The topological polar surface area (TPSA) is 51.8 Å². The number of benzene rings is 1. The van der Waals surface area contributed by atoms with Gasteiger partial charge in [0, 0.05) is 16.5 Å². The van der Waals surface area contributed by atoms with Gasteiger partial charge in [-0.3, -0.25) is 0 Å². The number of hydrogen-bond acceptors (Lipinski definition) is 4. The summed E-state index contributed by atoms with van der Waals surface area (Å²) < 4.78 is 1.10. The van der Waals surface area contributed by atoms with E-state index in [-0.39, 0.29) is 0 Å². The van der Waals surface area contributed by atoms with Crippen LogP contribution in [0.5, 0.6) is 0 Å². The summed E-state index contributed by atoms with van der Waals surface area (Å²) in [5.74, 6) is 0. The summed E-state index contributed by atoms with van der Waals surface area (Å²) in [6.07, 6.45) is 1.88. The van der Waals surface area contributed by atoms with Gasteiger partial charge in [-0.05, 0) is 41.4 Å². The fourth-order valence-electron chi connectivity index (χ4n) is 1.53. The van der Waals surface area contributed by atoms with Crippen molar-refractivity contribution >= 4 is 27.3 Å². The van der Waals surface area contributed by atoms with Gasteiger partial charge in [0.15, 0.2) is 0 Å². The second-order valence-electron chi connectivity index (χ2n) is 3.83. The molecule has 0 aliphatic heterocycles. The highest BCUT2D eigenvalue weighted by atomic mass is 79.9. The normalized spacial score (nSPS) is 10.8. The fraction of sp³-hybridized carbons (Fsp3) is 0.333. The van der Waals surface area contributed by atoms with E-state index in [4.69, 9.17) is 5.73 Å². The molecular weight excluding hydrogens is 298 g/mol. The lowest BCUT2D eigenvalue weighted by Crippen LogP contribution is -1.99. The molecule has 0 aliphatic rings. The number of nitrogens with zero attached hydrogens (tertiary/aromatic N) is 2. The second kappa shape index (κ2) is 5.71. The third kappa shape index (κ3) is 2.91. The maximum absolute atomic E-state index is 5.49. The van der Waals surface area contributed by atoms with Crippen LogP contribution >= 0.6 is 27.3 Å². The average molecular weight is 312 g/mol. The van der Waals surface area contributed by atoms with Crippen LogP contribution in [0.4, 0.5) is 0 Å². The molecule has 0 aliphatic carbocycles. The molecule has 3 nitrogen and oxygen atoms in total. The van der Waals surface area contributed by atoms with E-state index in [1.807, 2.05) is 6.07 Å². The van der Waals surface area contributed by atoms with Crippen molar-refractivity contribution in [2.75, 3.05) is 6.54 Å². The van der Waals surface area contributed by atoms with Gasteiger partial charge in [0.1, 0.15) is 10.0 Å². The quantitative estimate of drug-likeness (QED) is 0.943. The van der Waals surface area contributed by atoms with Gasteiger partial charge in [-0.15, -0.1) is 10.2 Å². The minimum absolute atomic E-state index is 0.697. The van der Waals surface area contributed by atoms with Crippen molar-refractivity contribution in [1.29, 1.82) is 0 Å². The molecular formula is C12H14BrN3S. The number of aryl methyl sites for hydroxylation is 2. The van der Waals surface area contributed by atoms with Gasteiger partial charge < -0.3 is 5.73 Å². The summed E-state index contributed by atoms with van der Waals surface area (Å²) in [7, 11) is 0. The Morgan fingerprint density at radius 3 is 2.94 bits per heavy atom. The molecule has 17 heavy (non-hydrogen) atoms. The first-order valence-electron chi connectivity index (χ1n) is 5.50. The standard InChI is InChI=1S/C12H14BrN3S/c1-8-4-2-5-9(11(8)13)12-16-15-10(17-12)6-3-7-14/h2,4-5H,3,6-7,14H2,1H3. The third-order valence-corrected chi connectivity index (χ3v) is 4.55. The van der Waals surface area contributed by atoms with Crippen LogP contribution < -0.4 is 5.73 Å². The monoisotopic (exact) mass is 311 g/mol. The molecule has 90 valence electrons. The Hall–Kier alpha value is -0.780. The smallest absolute Gasteiger partial charge is 0.148 e. The van der Waals surface area contributed by atoms with E-state index in [2.05, 4.69) is 45.2 Å². The van der Waals surface area contributed by atoms with Crippen molar-refractivity contribution in [1.82, 2.24) is 10.2 Å².